The fourth-order valence-electron chi connectivity index (χ4n) is 2.51. The number of anilines is 1. The van der Waals surface area contributed by atoms with E-state index in [1.807, 2.05) is 0 Å². The summed E-state index contributed by atoms with van der Waals surface area (Å²) >= 11 is 3.14. The van der Waals surface area contributed by atoms with E-state index < -0.39 is 12.7 Å². The highest BCUT2D eigenvalue weighted by Crippen LogP contribution is 2.27. The first-order valence-electron chi connectivity index (χ1n) is 6.76. The first-order chi connectivity index (χ1) is 9.74. The average molecular weight is 369 g/mol. The van der Waals surface area contributed by atoms with Crippen molar-refractivity contribution in [1.82, 2.24) is 4.90 Å². The largest absolute Gasteiger partial charge is 0.401 e. The first kappa shape index (κ1) is 16.5. The summed E-state index contributed by atoms with van der Waals surface area (Å²) < 4.78 is 50.7. The van der Waals surface area contributed by atoms with Crippen LogP contribution in [-0.4, -0.2) is 36.8 Å². The molecule has 2 rings (SSSR count). The maximum Gasteiger partial charge on any atom is 0.401 e. The molecule has 1 aromatic carbocycles. The molecule has 21 heavy (non-hydrogen) atoms. The van der Waals surface area contributed by atoms with Gasteiger partial charge in [0.1, 0.15) is 5.82 Å². The minimum Gasteiger partial charge on any atom is -0.382 e. The Kier molecular flexibility index (Phi) is 5.14. The average Bonchev–Trinajstić information content (AvgIpc) is 2.36. The minimum atomic E-state index is -4.14. The van der Waals surface area contributed by atoms with E-state index in [9.17, 15) is 17.6 Å². The lowest BCUT2D eigenvalue weighted by Gasteiger charge is -2.33. The van der Waals surface area contributed by atoms with Crippen molar-refractivity contribution in [3.63, 3.8) is 0 Å². The number of nitrogens with zero attached hydrogens (tertiary/aromatic N) is 1. The van der Waals surface area contributed by atoms with Crippen LogP contribution in [0.1, 0.15) is 18.4 Å². The molecule has 2 nitrogen and oxygen atoms in total. The van der Waals surface area contributed by atoms with Gasteiger partial charge in [-0.3, -0.25) is 4.90 Å². The highest BCUT2D eigenvalue weighted by molar-refractivity contribution is 9.10. The van der Waals surface area contributed by atoms with Gasteiger partial charge in [-0.05, 0) is 53.4 Å². The normalized spacial score (nSPS) is 18.0. The fraction of sp³-hybridized carbons (Fsp3) is 0.571. The van der Waals surface area contributed by atoms with Gasteiger partial charge >= 0.3 is 6.18 Å². The second-order valence-electron chi connectivity index (χ2n) is 5.39. The number of aryl methyl sites for hydroxylation is 1. The predicted molar refractivity (Wildman–Crippen MR) is 78.0 cm³/mol. The monoisotopic (exact) mass is 368 g/mol. The van der Waals surface area contributed by atoms with E-state index in [0.717, 1.165) is 11.3 Å². The van der Waals surface area contributed by atoms with Gasteiger partial charge in [0.15, 0.2) is 0 Å². The lowest BCUT2D eigenvalue weighted by Crippen LogP contribution is -2.43. The number of hydrogen-bond acceptors (Lipinski definition) is 2. The Hall–Kier alpha value is -0.820. The van der Waals surface area contributed by atoms with Gasteiger partial charge < -0.3 is 5.32 Å². The van der Waals surface area contributed by atoms with E-state index in [2.05, 4.69) is 21.2 Å². The van der Waals surface area contributed by atoms with Crippen LogP contribution in [0.15, 0.2) is 16.6 Å². The lowest BCUT2D eigenvalue weighted by molar-refractivity contribution is -0.147. The van der Waals surface area contributed by atoms with Gasteiger partial charge in [-0.2, -0.15) is 13.2 Å². The van der Waals surface area contributed by atoms with Gasteiger partial charge in [0.05, 0.1) is 11.0 Å². The van der Waals surface area contributed by atoms with Gasteiger partial charge in [0.25, 0.3) is 0 Å². The molecule has 0 aliphatic carbocycles. The summed E-state index contributed by atoms with van der Waals surface area (Å²) in [6, 6.07) is 3.23. The van der Waals surface area contributed by atoms with Gasteiger partial charge in [-0.15, -0.1) is 0 Å². The van der Waals surface area contributed by atoms with E-state index in [1.54, 1.807) is 13.0 Å². The highest BCUT2D eigenvalue weighted by atomic mass is 79.9. The Bertz CT molecular complexity index is 496. The zero-order valence-corrected chi connectivity index (χ0v) is 13.2. The molecule has 1 N–H and O–H groups in total. The van der Waals surface area contributed by atoms with E-state index in [0.29, 0.717) is 30.4 Å². The van der Waals surface area contributed by atoms with Crippen molar-refractivity contribution in [2.75, 3.05) is 25.0 Å². The van der Waals surface area contributed by atoms with Crippen molar-refractivity contribution >= 4 is 21.6 Å². The Labute approximate surface area is 129 Å². The van der Waals surface area contributed by atoms with E-state index >= 15 is 0 Å². The standard InChI is InChI=1S/C14H17BrF4N2/c1-9-6-12(16)11(15)7-13(9)20-10-2-4-21(5-3-10)8-14(17,18)19/h6-7,10,20H,2-5,8H2,1H3. The molecule has 118 valence electrons. The molecule has 0 unspecified atom stereocenters. The molecule has 0 aromatic heterocycles. The first-order valence-corrected chi connectivity index (χ1v) is 7.55. The molecule has 0 radical (unpaired) electrons. The number of hydrogen-bond donors (Lipinski definition) is 1. The molecule has 7 heteroatoms. The molecule has 0 atom stereocenters. The maximum absolute atomic E-state index is 13.4. The third kappa shape index (κ3) is 4.85. The zero-order chi connectivity index (χ0) is 15.6. The van der Waals surface area contributed by atoms with E-state index in [-0.39, 0.29) is 11.9 Å². The number of nitrogens with one attached hydrogen (secondary N) is 1. The highest BCUT2D eigenvalue weighted by Gasteiger charge is 2.32. The fourth-order valence-corrected chi connectivity index (χ4v) is 2.85. The summed E-state index contributed by atoms with van der Waals surface area (Å²) in [5, 5.41) is 3.30. The van der Waals surface area contributed by atoms with Gasteiger partial charge in [0.2, 0.25) is 0 Å². The number of benzene rings is 1. The maximum atomic E-state index is 13.4. The van der Waals surface area contributed by atoms with Crippen molar-refractivity contribution in [2.45, 2.75) is 32.0 Å². The number of halogens is 5. The molecule has 0 spiro atoms. The van der Waals surface area contributed by atoms with Gasteiger partial charge in [-0.1, -0.05) is 0 Å². The molecule has 0 saturated carbocycles. The summed E-state index contributed by atoms with van der Waals surface area (Å²) in [6.45, 7) is 1.79. The molecule has 1 aromatic rings. The van der Waals surface area contributed by atoms with E-state index in [4.69, 9.17) is 0 Å². The summed E-state index contributed by atoms with van der Waals surface area (Å²) in [6.07, 6.45) is -2.85. The van der Waals surface area contributed by atoms with Crippen LogP contribution in [0.2, 0.25) is 0 Å². The lowest BCUT2D eigenvalue weighted by atomic mass is 10.0. The zero-order valence-electron chi connectivity index (χ0n) is 11.6. The van der Waals surface area contributed by atoms with Gasteiger partial charge in [-0.25, -0.2) is 4.39 Å². The Morgan fingerprint density at radius 3 is 2.48 bits per heavy atom. The van der Waals surface area contributed by atoms with E-state index in [1.165, 1.54) is 11.0 Å². The Morgan fingerprint density at radius 2 is 1.90 bits per heavy atom. The molecule has 1 aliphatic heterocycles. The second-order valence-corrected chi connectivity index (χ2v) is 6.25. The SMILES string of the molecule is Cc1cc(F)c(Br)cc1NC1CCN(CC(F)(F)F)CC1. The summed E-state index contributed by atoms with van der Waals surface area (Å²) in [7, 11) is 0. The molecule has 1 saturated heterocycles. The molecule has 0 bridgehead atoms. The minimum absolute atomic E-state index is 0.116. The number of rotatable bonds is 3. The van der Waals surface area contributed by atoms with Crippen molar-refractivity contribution in [2.24, 2.45) is 0 Å². The Morgan fingerprint density at radius 1 is 1.29 bits per heavy atom. The molecule has 1 fully saturated rings. The van der Waals surface area contributed by atoms with Crippen LogP contribution >= 0.6 is 15.9 Å². The third-order valence-electron chi connectivity index (χ3n) is 3.62. The summed E-state index contributed by atoms with van der Waals surface area (Å²) in [5.41, 5.74) is 1.60. The number of likely N-dealkylation sites (tertiary alicyclic amines) is 1. The number of piperidine rings is 1. The summed E-state index contributed by atoms with van der Waals surface area (Å²) in [5.74, 6) is -0.321. The van der Waals surface area contributed by atoms with Crippen molar-refractivity contribution in [1.29, 1.82) is 0 Å². The smallest absolute Gasteiger partial charge is 0.382 e. The van der Waals surface area contributed by atoms with Crippen LogP contribution < -0.4 is 5.32 Å². The van der Waals surface area contributed by atoms with Crippen molar-refractivity contribution in [3.8, 4) is 0 Å². The Balaban J connectivity index is 1.91. The van der Waals surface area contributed by atoms with Crippen LogP contribution in [0.3, 0.4) is 0 Å². The molecule has 1 aliphatic rings. The molecule has 1 heterocycles. The molecular weight excluding hydrogens is 352 g/mol. The van der Waals surface area contributed by atoms with Crippen LogP contribution in [-0.2, 0) is 0 Å². The quantitative estimate of drug-likeness (QED) is 0.798. The third-order valence-corrected chi connectivity index (χ3v) is 4.23. The van der Waals surface area contributed by atoms with Crippen molar-refractivity contribution in [3.05, 3.63) is 28.0 Å². The topological polar surface area (TPSA) is 15.3 Å². The molecule has 0 amide bonds. The predicted octanol–water partition coefficient (Wildman–Crippen LogP) is 4.34. The number of alkyl halides is 3. The van der Waals surface area contributed by atoms with Crippen LogP contribution in [0.4, 0.5) is 23.2 Å². The van der Waals surface area contributed by atoms with Crippen LogP contribution in [0.25, 0.3) is 0 Å². The van der Waals surface area contributed by atoms with Crippen molar-refractivity contribution < 1.29 is 17.6 Å². The van der Waals surface area contributed by atoms with Gasteiger partial charge in [0, 0.05) is 24.8 Å². The van der Waals surface area contributed by atoms with Crippen LogP contribution in [0, 0.1) is 12.7 Å². The second kappa shape index (κ2) is 6.52. The molecular formula is C14H17BrF4N2. The summed E-state index contributed by atoms with van der Waals surface area (Å²) in [4.78, 5) is 1.42. The van der Waals surface area contributed by atoms with Crippen LogP contribution in [0.5, 0.6) is 0 Å².